The molecule has 1 aromatic heterocycles. The molecule has 1 aromatic carbocycles. The molecule has 2 saturated carbocycles. The molecule has 45 heavy (non-hydrogen) atoms. The Bertz CT molecular complexity index is 1500. The van der Waals surface area contributed by atoms with Crippen molar-refractivity contribution in [1.82, 2.24) is 9.88 Å². The van der Waals surface area contributed by atoms with Gasteiger partial charge >= 0.3 is 11.9 Å². The number of nitrogens with zero attached hydrogens (tertiary/aromatic N) is 2. The van der Waals surface area contributed by atoms with Crippen molar-refractivity contribution in [2.24, 2.45) is 28.6 Å². The average Bonchev–Trinajstić information content (AvgIpc) is 3.38. The molecule has 2 aromatic rings. The van der Waals surface area contributed by atoms with Crippen molar-refractivity contribution in [1.29, 1.82) is 0 Å². The number of ether oxygens (including phenoxy) is 1. The van der Waals surface area contributed by atoms with Crippen LogP contribution in [0.1, 0.15) is 82.8 Å². The van der Waals surface area contributed by atoms with Crippen LogP contribution >= 0.6 is 15.9 Å². The van der Waals surface area contributed by atoms with Gasteiger partial charge in [-0.15, -0.1) is 0 Å². The summed E-state index contributed by atoms with van der Waals surface area (Å²) in [6.07, 6.45) is 15.7. The van der Waals surface area contributed by atoms with Gasteiger partial charge in [0.15, 0.2) is 0 Å². The second-order valence-electron chi connectivity index (χ2n) is 13.9. The number of halogens is 1. The molecule has 1 heterocycles. The molecule has 0 radical (unpaired) electrons. The molecule has 6 unspecified atom stereocenters. The van der Waals surface area contributed by atoms with Crippen LogP contribution in [0.4, 0.5) is 0 Å². The highest BCUT2D eigenvalue weighted by Crippen LogP contribution is 2.66. The van der Waals surface area contributed by atoms with Crippen LogP contribution in [-0.4, -0.2) is 45.5 Å². The van der Waals surface area contributed by atoms with Crippen molar-refractivity contribution in [2.75, 3.05) is 6.54 Å². The number of carbonyl (C=O) groups excluding carboxylic acids is 2. The van der Waals surface area contributed by atoms with Gasteiger partial charge < -0.3 is 14.7 Å². The molecule has 6 rings (SSSR count). The SMILES string of the molecule is CC12CCC(OC(=O)CCC(=O)N(CC(=O)O)Cc3ccc(Br)cc3)CC1=CCC1C2CCC2(C)C(c3cccnc3)=CCC12. The Balaban J connectivity index is 1.04. The van der Waals surface area contributed by atoms with E-state index in [0.29, 0.717) is 17.8 Å². The van der Waals surface area contributed by atoms with Crippen molar-refractivity contribution in [2.45, 2.75) is 84.3 Å². The van der Waals surface area contributed by atoms with Crippen molar-refractivity contribution in [3.63, 3.8) is 0 Å². The second-order valence-corrected chi connectivity index (χ2v) is 14.9. The average molecular weight is 676 g/mol. The number of carbonyl (C=O) groups is 3. The maximum Gasteiger partial charge on any atom is 0.323 e. The van der Waals surface area contributed by atoms with E-state index in [0.717, 1.165) is 42.1 Å². The van der Waals surface area contributed by atoms with Crippen molar-refractivity contribution < 1.29 is 24.2 Å². The van der Waals surface area contributed by atoms with Crippen molar-refractivity contribution in [3.05, 3.63) is 82.1 Å². The third-order valence-electron chi connectivity index (χ3n) is 11.4. The topological polar surface area (TPSA) is 96.8 Å². The lowest BCUT2D eigenvalue weighted by atomic mass is 9.47. The molecule has 0 saturated heterocycles. The summed E-state index contributed by atoms with van der Waals surface area (Å²) in [6.45, 7) is 4.68. The van der Waals surface area contributed by atoms with Crippen LogP contribution in [0.5, 0.6) is 0 Å². The number of carboxylic acids is 1. The summed E-state index contributed by atoms with van der Waals surface area (Å²) >= 11 is 3.39. The highest BCUT2D eigenvalue weighted by molar-refractivity contribution is 9.10. The summed E-state index contributed by atoms with van der Waals surface area (Å²) < 4.78 is 6.83. The molecular weight excluding hydrogens is 632 g/mol. The van der Waals surface area contributed by atoms with Crippen LogP contribution in [0, 0.1) is 28.6 Å². The van der Waals surface area contributed by atoms with E-state index in [1.165, 1.54) is 34.5 Å². The Morgan fingerprint density at radius 3 is 2.51 bits per heavy atom. The van der Waals surface area contributed by atoms with Crippen LogP contribution in [-0.2, 0) is 25.7 Å². The van der Waals surface area contributed by atoms with Crippen LogP contribution in [0.3, 0.4) is 0 Å². The maximum absolute atomic E-state index is 12.9. The number of amides is 1. The standard InChI is InChI=1S/C37H43BrN2O5/c1-36-17-15-28(45-35(44)14-13-33(41)40(23-34(42)43)22-24-5-8-27(38)9-6-24)20-26(36)7-10-29-31-12-11-30(25-4-3-19-39-21-25)37(31,2)18-16-32(29)36/h3-9,11,19,21,28-29,31-32H,10,12-18,20,22-23H2,1-2H3,(H,42,43). The summed E-state index contributed by atoms with van der Waals surface area (Å²) in [6, 6.07) is 11.6. The van der Waals surface area contributed by atoms with Gasteiger partial charge in [-0.3, -0.25) is 19.4 Å². The van der Waals surface area contributed by atoms with Crippen LogP contribution < -0.4 is 0 Å². The van der Waals surface area contributed by atoms with Gasteiger partial charge in [0.25, 0.3) is 0 Å². The zero-order valence-electron chi connectivity index (χ0n) is 26.2. The van der Waals surface area contributed by atoms with Gasteiger partial charge in [0.1, 0.15) is 12.6 Å². The monoisotopic (exact) mass is 674 g/mol. The minimum Gasteiger partial charge on any atom is -0.480 e. The first-order valence-corrected chi connectivity index (χ1v) is 17.1. The number of esters is 1. The van der Waals surface area contributed by atoms with E-state index in [1.54, 1.807) is 0 Å². The lowest BCUT2D eigenvalue weighted by Crippen LogP contribution is -2.50. The fraction of sp³-hybridized carbons (Fsp3) is 0.514. The number of aliphatic carboxylic acids is 1. The van der Waals surface area contributed by atoms with Gasteiger partial charge in [0, 0.05) is 36.3 Å². The first-order chi connectivity index (χ1) is 21.6. The number of rotatable bonds is 9. The molecule has 7 nitrogen and oxygen atoms in total. The van der Waals surface area contributed by atoms with Crippen LogP contribution in [0.15, 0.2) is 71.0 Å². The van der Waals surface area contributed by atoms with Crippen molar-refractivity contribution >= 4 is 39.3 Å². The molecule has 4 aliphatic rings. The molecule has 0 aliphatic heterocycles. The number of allylic oxidation sites excluding steroid dienone is 3. The highest BCUT2D eigenvalue weighted by atomic mass is 79.9. The number of pyridine rings is 1. The summed E-state index contributed by atoms with van der Waals surface area (Å²) in [5.41, 5.74) is 5.33. The minimum absolute atomic E-state index is 0.0562. The maximum atomic E-state index is 12.9. The fourth-order valence-electron chi connectivity index (χ4n) is 9.08. The summed E-state index contributed by atoms with van der Waals surface area (Å²) in [5.74, 6) is 0.0812. The number of hydrogen-bond donors (Lipinski definition) is 1. The van der Waals surface area contributed by atoms with E-state index >= 15 is 0 Å². The Morgan fingerprint density at radius 2 is 1.78 bits per heavy atom. The lowest BCUT2D eigenvalue weighted by molar-refractivity contribution is -0.153. The predicted octanol–water partition coefficient (Wildman–Crippen LogP) is 7.61. The minimum atomic E-state index is -1.09. The number of aromatic nitrogens is 1. The van der Waals surface area contributed by atoms with E-state index in [2.05, 4.69) is 53.0 Å². The van der Waals surface area contributed by atoms with Crippen LogP contribution in [0.2, 0.25) is 0 Å². The Hall–Kier alpha value is -3.26. The number of fused-ring (bicyclic) bond motifs is 5. The summed E-state index contributed by atoms with van der Waals surface area (Å²) in [7, 11) is 0. The second kappa shape index (κ2) is 12.9. The zero-order chi connectivity index (χ0) is 31.8. The lowest BCUT2D eigenvalue weighted by Gasteiger charge is -2.57. The quantitative estimate of drug-likeness (QED) is 0.217. The van der Waals surface area contributed by atoms with E-state index in [1.807, 2.05) is 42.7 Å². The molecule has 6 atom stereocenters. The van der Waals surface area contributed by atoms with Gasteiger partial charge in [-0.2, -0.15) is 0 Å². The number of hydrogen-bond acceptors (Lipinski definition) is 5. The van der Waals surface area contributed by atoms with E-state index in [9.17, 15) is 19.5 Å². The largest absolute Gasteiger partial charge is 0.480 e. The Kier molecular flexibility index (Phi) is 9.06. The van der Waals surface area contributed by atoms with Gasteiger partial charge in [-0.05, 0) is 102 Å². The van der Waals surface area contributed by atoms with Gasteiger partial charge in [0.05, 0.1) is 6.42 Å². The third kappa shape index (κ3) is 6.40. The first-order valence-electron chi connectivity index (χ1n) is 16.3. The van der Waals surface area contributed by atoms with Crippen LogP contribution in [0.25, 0.3) is 5.57 Å². The molecule has 1 amide bonds. The summed E-state index contributed by atoms with van der Waals surface area (Å²) in [5, 5.41) is 9.35. The molecule has 2 fully saturated rings. The summed E-state index contributed by atoms with van der Waals surface area (Å²) in [4.78, 5) is 42.9. The molecule has 0 spiro atoms. The Morgan fingerprint density at radius 1 is 1.00 bits per heavy atom. The smallest absolute Gasteiger partial charge is 0.323 e. The normalized spacial score (nSPS) is 30.2. The number of carboxylic acid groups (broad SMARTS) is 1. The van der Waals surface area contributed by atoms with E-state index in [4.69, 9.17) is 4.74 Å². The first kappa shape index (κ1) is 31.7. The molecule has 8 heteroatoms. The molecular formula is C37H43BrN2O5. The van der Waals surface area contributed by atoms with Gasteiger partial charge in [0.2, 0.25) is 5.91 Å². The molecule has 4 aliphatic carbocycles. The molecule has 0 bridgehead atoms. The van der Waals surface area contributed by atoms with E-state index < -0.39 is 18.5 Å². The Labute approximate surface area is 274 Å². The van der Waals surface area contributed by atoms with E-state index in [-0.39, 0.29) is 42.2 Å². The van der Waals surface area contributed by atoms with Gasteiger partial charge in [-0.25, -0.2) is 0 Å². The fourth-order valence-corrected chi connectivity index (χ4v) is 9.35. The van der Waals surface area contributed by atoms with Crippen molar-refractivity contribution in [3.8, 4) is 0 Å². The molecule has 238 valence electrons. The molecule has 1 N–H and O–H groups in total. The number of benzene rings is 1. The highest BCUT2D eigenvalue weighted by Gasteiger charge is 2.57. The third-order valence-corrected chi connectivity index (χ3v) is 11.9. The zero-order valence-corrected chi connectivity index (χ0v) is 27.8. The van der Waals surface area contributed by atoms with Gasteiger partial charge in [-0.1, -0.05) is 65.7 Å². The predicted molar refractivity (Wildman–Crippen MR) is 176 cm³/mol.